The second-order valence-corrected chi connectivity index (χ2v) is 9.62. The normalized spacial score (nSPS) is 14.1. The van der Waals surface area contributed by atoms with Gasteiger partial charge in [0.2, 0.25) is 0 Å². The Balaban J connectivity index is 1.59. The number of carbonyl (C=O) groups is 1. The molecular formula is C24H23N3O2S2. The molecule has 0 saturated heterocycles. The quantitative estimate of drug-likeness (QED) is 0.355. The summed E-state index contributed by atoms with van der Waals surface area (Å²) >= 11 is 3.37. The largest absolute Gasteiger partial charge is 0.459 e. The molecule has 4 aromatic heterocycles. The highest BCUT2D eigenvalue weighted by Crippen LogP contribution is 2.44. The summed E-state index contributed by atoms with van der Waals surface area (Å²) in [5.74, 6) is 0.926. The summed E-state index contributed by atoms with van der Waals surface area (Å²) in [7, 11) is 0. The van der Waals surface area contributed by atoms with E-state index in [2.05, 4.69) is 45.4 Å². The van der Waals surface area contributed by atoms with Crippen molar-refractivity contribution in [2.75, 3.05) is 10.6 Å². The van der Waals surface area contributed by atoms with Crippen molar-refractivity contribution < 1.29 is 9.21 Å². The Bertz CT molecular complexity index is 1180. The highest BCUT2D eigenvalue weighted by atomic mass is 32.1. The van der Waals surface area contributed by atoms with Crippen molar-refractivity contribution in [2.45, 2.75) is 38.6 Å². The first-order valence-electron chi connectivity index (χ1n) is 10.4. The van der Waals surface area contributed by atoms with Crippen LogP contribution in [0.5, 0.6) is 0 Å². The number of pyridine rings is 1. The number of thiophene rings is 2. The number of carbonyl (C=O) groups excluding carboxylic acids is 1. The lowest BCUT2D eigenvalue weighted by Gasteiger charge is -2.23. The van der Waals surface area contributed by atoms with Gasteiger partial charge in [-0.25, -0.2) is 4.98 Å². The minimum atomic E-state index is -0.220. The van der Waals surface area contributed by atoms with Gasteiger partial charge in [-0.15, -0.1) is 11.3 Å². The van der Waals surface area contributed by atoms with Crippen molar-refractivity contribution in [1.29, 1.82) is 0 Å². The Labute approximate surface area is 189 Å². The number of rotatable bonds is 6. The van der Waals surface area contributed by atoms with E-state index in [1.54, 1.807) is 34.8 Å². The first-order valence-corrected chi connectivity index (χ1v) is 12.2. The topological polar surface area (TPSA) is 67.2 Å². The Morgan fingerprint density at radius 1 is 1.23 bits per heavy atom. The van der Waals surface area contributed by atoms with Crippen LogP contribution in [0, 0.1) is 6.92 Å². The number of furan rings is 1. The number of nitrogens with zero attached hydrogens (tertiary/aromatic N) is 1. The predicted molar refractivity (Wildman–Crippen MR) is 126 cm³/mol. The first-order chi connectivity index (χ1) is 15.2. The third-order valence-corrected chi connectivity index (χ3v) is 7.48. The molecule has 1 aliphatic carbocycles. The Morgan fingerprint density at radius 3 is 2.90 bits per heavy atom. The van der Waals surface area contributed by atoms with E-state index in [9.17, 15) is 4.79 Å². The van der Waals surface area contributed by atoms with E-state index >= 15 is 0 Å². The zero-order valence-electron chi connectivity index (χ0n) is 17.2. The smallest absolute Gasteiger partial charge is 0.291 e. The fourth-order valence-corrected chi connectivity index (χ4v) is 6.09. The molecule has 0 aliphatic heterocycles. The molecule has 7 heteroatoms. The van der Waals surface area contributed by atoms with E-state index in [0.29, 0.717) is 5.76 Å². The molecule has 1 amide bonds. The first kappa shape index (κ1) is 20.0. The lowest BCUT2D eigenvalue weighted by molar-refractivity contribution is 0.0997. The third-order valence-electron chi connectivity index (χ3n) is 5.56. The van der Waals surface area contributed by atoms with Crippen molar-refractivity contribution in [3.05, 3.63) is 86.4 Å². The van der Waals surface area contributed by atoms with E-state index in [0.717, 1.165) is 34.8 Å². The van der Waals surface area contributed by atoms with Gasteiger partial charge in [0.25, 0.3) is 5.91 Å². The predicted octanol–water partition coefficient (Wildman–Crippen LogP) is 6.44. The number of nitrogens with one attached hydrogen (secondary N) is 2. The van der Waals surface area contributed by atoms with Crippen LogP contribution < -0.4 is 10.6 Å². The molecule has 1 aliphatic rings. The molecule has 0 aromatic carbocycles. The number of aromatic nitrogens is 1. The fraction of sp³-hybridized carbons (Fsp3) is 0.250. The fourth-order valence-electron chi connectivity index (χ4n) is 4.09. The zero-order chi connectivity index (χ0) is 21.2. The van der Waals surface area contributed by atoms with Crippen molar-refractivity contribution in [1.82, 2.24) is 4.98 Å². The van der Waals surface area contributed by atoms with Crippen molar-refractivity contribution in [3.8, 4) is 0 Å². The van der Waals surface area contributed by atoms with Crippen LogP contribution in [0.1, 0.15) is 56.6 Å². The Hall–Kier alpha value is -2.90. The van der Waals surface area contributed by atoms with Gasteiger partial charge < -0.3 is 15.1 Å². The lowest BCUT2D eigenvalue weighted by atomic mass is 9.90. The van der Waals surface area contributed by atoms with Crippen LogP contribution in [0.25, 0.3) is 0 Å². The standard InChI is InChI=1S/C24H23N3O2S2/c1-15-8-10-25-20(13-15)26-22(16-9-12-30-14-16)21-17-5-2-3-7-19(17)31-24(21)27-23(28)18-6-4-11-29-18/h4,6,8-14,22H,2-3,5,7H2,1H3,(H,25,26)(H,27,28). The van der Waals surface area contributed by atoms with Gasteiger partial charge in [0.1, 0.15) is 10.8 Å². The maximum absolute atomic E-state index is 12.8. The molecule has 0 saturated carbocycles. The highest BCUT2D eigenvalue weighted by Gasteiger charge is 2.29. The van der Waals surface area contributed by atoms with Gasteiger partial charge in [-0.1, -0.05) is 0 Å². The summed E-state index contributed by atoms with van der Waals surface area (Å²) in [6.45, 7) is 2.06. The van der Waals surface area contributed by atoms with Crippen LogP contribution in [0.2, 0.25) is 0 Å². The number of amides is 1. The lowest BCUT2D eigenvalue weighted by Crippen LogP contribution is -2.18. The van der Waals surface area contributed by atoms with E-state index < -0.39 is 0 Å². The number of hydrogen-bond acceptors (Lipinski definition) is 6. The van der Waals surface area contributed by atoms with Gasteiger partial charge in [0.05, 0.1) is 12.3 Å². The van der Waals surface area contributed by atoms with Gasteiger partial charge in [0, 0.05) is 16.6 Å². The van der Waals surface area contributed by atoms with Crippen LogP contribution in [-0.2, 0) is 12.8 Å². The molecule has 0 fully saturated rings. The molecular weight excluding hydrogens is 426 g/mol. The number of fused-ring (bicyclic) bond motifs is 1. The summed E-state index contributed by atoms with van der Waals surface area (Å²) in [4.78, 5) is 18.7. The van der Waals surface area contributed by atoms with E-state index in [-0.39, 0.29) is 11.9 Å². The Kier molecular flexibility index (Phi) is 5.61. The number of hydrogen-bond donors (Lipinski definition) is 2. The molecule has 0 bridgehead atoms. The molecule has 2 N–H and O–H groups in total. The molecule has 0 spiro atoms. The van der Waals surface area contributed by atoms with Gasteiger partial charge >= 0.3 is 0 Å². The molecule has 4 heterocycles. The summed E-state index contributed by atoms with van der Waals surface area (Å²) in [6.07, 6.45) is 7.79. The maximum Gasteiger partial charge on any atom is 0.291 e. The summed E-state index contributed by atoms with van der Waals surface area (Å²) < 4.78 is 5.32. The summed E-state index contributed by atoms with van der Waals surface area (Å²) in [5, 5.41) is 11.9. The molecule has 0 radical (unpaired) electrons. The summed E-state index contributed by atoms with van der Waals surface area (Å²) in [6, 6.07) is 9.52. The van der Waals surface area contributed by atoms with Crippen LogP contribution in [-0.4, -0.2) is 10.9 Å². The molecule has 5 nitrogen and oxygen atoms in total. The van der Waals surface area contributed by atoms with Crippen molar-refractivity contribution in [2.24, 2.45) is 0 Å². The maximum atomic E-state index is 12.8. The third kappa shape index (κ3) is 4.16. The molecule has 1 atom stereocenters. The minimum Gasteiger partial charge on any atom is -0.459 e. The summed E-state index contributed by atoms with van der Waals surface area (Å²) in [5.41, 5.74) is 4.84. The molecule has 158 valence electrons. The van der Waals surface area contributed by atoms with Gasteiger partial charge in [-0.05, 0) is 90.4 Å². The molecule has 31 heavy (non-hydrogen) atoms. The molecule has 1 unspecified atom stereocenters. The van der Waals surface area contributed by atoms with Gasteiger partial charge in [-0.3, -0.25) is 4.79 Å². The second-order valence-electron chi connectivity index (χ2n) is 7.74. The van der Waals surface area contributed by atoms with Crippen LogP contribution in [0.15, 0.2) is 58.0 Å². The SMILES string of the molecule is Cc1ccnc(NC(c2ccsc2)c2c(NC(=O)c3ccco3)sc3c2CCCC3)c1. The van der Waals surface area contributed by atoms with E-state index in [1.807, 2.05) is 12.3 Å². The van der Waals surface area contributed by atoms with E-state index in [1.165, 1.54) is 35.1 Å². The van der Waals surface area contributed by atoms with Gasteiger partial charge in [0.15, 0.2) is 5.76 Å². The van der Waals surface area contributed by atoms with E-state index in [4.69, 9.17) is 4.42 Å². The van der Waals surface area contributed by atoms with Crippen LogP contribution in [0.3, 0.4) is 0 Å². The van der Waals surface area contributed by atoms with Crippen LogP contribution >= 0.6 is 22.7 Å². The van der Waals surface area contributed by atoms with Crippen molar-refractivity contribution >= 4 is 39.4 Å². The number of aryl methyl sites for hydroxylation is 2. The zero-order valence-corrected chi connectivity index (χ0v) is 18.8. The minimum absolute atomic E-state index is 0.0921. The average molecular weight is 450 g/mol. The monoisotopic (exact) mass is 449 g/mol. The van der Waals surface area contributed by atoms with Gasteiger partial charge in [-0.2, -0.15) is 11.3 Å². The van der Waals surface area contributed by atoms with Crippen molar-refractivity contribution in [3.63, 3.8) is 0 Å². The average Bonchev–Trinajstić information content (AvgIpc) is 3.53. The molecule has 4 aromatic rings. The number of anilines is 2. The Morgan fingerprint density at radius 2 is 2.13 bits per heavy atom. The molecule has 5 rings (SSSR count). The highest BCUT2D eigenvalue weighted by molar-refractivity contribution is 7.16. The van der Waals surface area contributed by atoms with Crippen LogP contribution in [0.4, 0.5) is 10.8 Å². The second kappa shape index (κ2) is 8.69.